The van der Waals surface area contributed by atoms with Gasteiger partial charge in [0.15, 0.2) is 0 Å². The molecule has 1 aliphatic heterocycles. The molecule has 0 spiro atoms. The summed E-state index contributed by atoms with van der Waals surface area (Å²) in [6.45, 7) is 4.28. The number of aromatic nitrogens is 4. The zero-order chi connectivity index (χ0) is 18.0. The van der Waals surface area contributed by atoms with Crippen molar-refractivity contribution in [2.24, 2.45) is 0 Å². The highest BCUT2D eigenvalue weighted by atomic mass is 19.4. The first kappa shape index (κ1) is 17.7. The second-order valence-electron chi connectivity index (χ2n) is 6.12. The van der Waals surface area contributed by atoms with Crippen LogP contribution in [0.25, 0.3) is 0 Å². The van der Waals surface area contributed by atoms with Crippen LogP contribution in [-0.2, 0) is 19.3 Å². The van der Waals surface area contributed by atoms with Gasteiger partial charge in [-0.2, -0.15) is 18.3 Å². The minimum absolute atomic E-state index is 0.106. The summed E-state index contributed by atoms with van der Waals surface area (Å²) in [7, 11) is 0. The van der Waals surface area contributed by atoms with E-state index >= 15 is 0 Å². The summed E-state index contributed by atoms with van der Waals surface area (Å²) in [4.78, 5) is 16.0. The van der Waals surface area contributed by atoms with Crippen LogP contribution in [0.1, 0.15) is 42.8 Å². The Kier molecular flexibility index (Phi) is 4.94. The molecule has 6 nitrogen and oxygen atoms in total. The van der Waals surface area contributed by atoms with Gasteiger partial charge in [-0.15, -0.1) is 0 Å². The van der Waals surface area contributed by atoms with Crippen LogP contribution in [0.3, 0.4) is 0 Å². The third kappa shape index (κ3) is 3.76. The van der Waals surface area contributed by atoms with E-state index in [4.69, 9.17) is 0 Å². The molecule has 9 heteroatoms. The second-order valence-corrected chi connectivity index (χ2v) is 6.12. The Hall–Kier alpha value is -2.16. The van der Waals surface area contributed by atoms with Gasteiger partial charge in [0, 0.05) is 18.7 Å². The first-order chi connectivity index (χ1) is 11.9. The summed E-state index contributed by atoms with van der Waals surface area (Å²) in [5.74, 6) is 0.981. The molecule has 0 amide bonds. The first-order valence-electron chi connectivity index (χ1n) is 8.30. The minimum Gasteiger partial charge on any atom is -0.317 e. The second kappa shape index (κ2) is 6.99. The van der Waals surface area contributed by atoms with Gasteiger partial charge in [-0.05, 0) is 44.5 Å². The van der Waals surface area contributed by atoms with Crippen molar-refractivity contribution in [3.05, 3.63) is 45.9 Å². The molecule has 1 saturated heterocycles. The molecule has 1 aliphatic rings. The molecule has 25 heavy (non-hydrogen) atoms. The molecule has 0 radical (unpaired) electrons. The quantitative estimate of drug-likeness (QED) is 0.911. The fraction of sp³-hybridized carbons (Fsp3) is 0.562. The van der Waals surface area contributed by atoms with Crippen molar-refractivity contribution in [1.29, 1.82) is 0 Å². The predicted octanol–water partition coefficient (Wildman–Crippen LogP) is 1.99. The molecular formula is C16H20F3N5O. The molecular weight excluding hydrogens is 335 g/mol. The lowest BCUT2D eigenvalue weighted by Gasteiger charge is -2.21. The maximum atomic E-state index is 12.6. The molecule has 0 saturated carbocycles. The molecule has 0 aromatic carbocycles. The fourth-order valence-corrected chi connectivity index (χ4v) is 3.10. The number of hydrogen-bond donors (Lipinski definition) is 1. The zero-order valence-corrected chi connectivity index (χ0v) is 13.9. The Morgan fingerprint density at radius 1 is 1.28 bits per heavy atom. The molecule has 1 N–H and O–H groups in total. The first-order valence-corrected chi connectivity index (χ1v) is 8.30. The summed E-state index contributed by atoms with van der Waals surface area (Å²) in [6, 6.07) is 2.25. The smallest absolute Gasteiger partial charge is 0.317 e. The van der Waals surface area contributed by atoms with E-state index in [1.165, 1.54) is 10.7 Å². The standard InChI is InChI=1S/C16H20F3N5O/c1-2-23-14(12-5-7-20-8-6-12)22-24(15(23)25)10-11-3-4-13(21-9-11)16(17,18)19/h3-4,9,12,20H,2,5-8,10H2,1H3. The molecule has 0 unspecified atom stereocenters. The van der Waals surface area contributed by atoms with Gasteiger partial charge in [0.1, 0.15) is 11.5 Å². The maximum Gasteiger partial charge on any atom is 0.433 e. The van der Waals surface area contributed by atoms with E-state index in [2.05, 4.69) is 15.4 Å². The number of pyridine rings is 1. The topological polar surface area (TPSA) is 64.7 Å². The largest absolute Gasteiger partial charge is 0.433 e. The molecule has 2 aromatic heterocycles. The van der Waals surface area contributed by atoms with E-state index < -0.39 is 11.9 Å². The maximum absolute atomic E-state index is 12.6. The van der Waals surface area contributed by atoms with Crippen LogP contribution in [0.15, 0.2) is 23.1 Å². The van der Waals surface area contributed by atoms with Crippen molar-refractivity contribution in [3.8, 4) is 0 Å². The van der Waals surface area contributed by atoms with Crippen molar-refractivity contribution in [3.63, 3.8) is 0 Å². The molecule has 0 atom stereocenters. The highest BCUT2D eigenvalue weighted by Gasteiger charge is 2.32. The fourth-order valence-electron chi connectivity index (χ4n) is 3.10. The summed E-state index contributed by atoms with van der Waals surface area (Å²) < 4.78 is 40.7. The third-order valence-electron chi connectivity index (χ3n) is 4.42. The van der Waals surface area contributed by atoms with Crippen LogP contribution in [0.2, 0.25) is 0 Å². The lowest BCUT2D eigenvalue weighted by molar-refractivity contribution is -0.141. The average molecular weight is 355 g/mol. The number of rotatable bonds is 4. The third-order valence-corrected chi connectivity index (χ3v) is 4.42. The SMILES string of the molecule is CCn1c(C2CCNCC2)nn(Cc2ccc(C(F)(F)F)nc2)c1=O. The van der Waals surface area contributed by atoms with Crippen LogP contribution in [0.4, 0.5) is 13.2 Å². The van der Waals surface area contributed by atoms with Gasteiger partial charge >= 0.3 is 11.9 Å². The molecule has 1 fully saturated rings. The molecule has 3 rings (SSSR count). The molecule has 3 heterocycles. The average Bonchev–Trinajstić information content (AvgIpc) is 2.91. The van der Waals surface area contributed by atoms with Crippen LogP contribution >= 0.6 is 0 Å². The lowest BCUT2D eigenvalue weighted by atomic mass is 9.97. The van der Waals surface area contributed by atoms with Crippen molar-refractivity contribution in [2.75, 3.05) is 13.1 Å². The van der Waals surface area contributed by atoms with Crippen LogP contribution in [-0.4, -0.2) is 32.4 Å². The summed E-state index contributed by atoms with van der Waals surface area (Å²) in [5, 5.41) is 7.74. The Balaban J connectivity index is 1.85. The monoisotopic (exact) mass is 355 g/mol. The van der Waals surface area contributed by atoms with Gasteiger partial charge in [0.25, 0.3) is 0 Å². The Morgan fingerprint density at radius 2 is 2.00 bits per heavy atom. The number of piperidine rings is 1. The Bertz CT molecular complexity index is 773. The summed E-state index contributed by atoms with van der Waals surface area (Å²) >= 11 is 0. The van der Waals surface area contributed by atoms with E-state index in [9.17, 15) is 18.0 Å². The lowest BCUT2D eigenvalue weighted by Crippen LogP contribution is -2.29. The predicted molar refractivity (Wildman–Crippen MR) is 85.3 cm³/mol. The van der Waals surface area contributed by atoms with Crippen LogP contribution in [0.5, 0.6) is 0 Å². The number of halogens is 3. The number of alkyl halides is 3. The zero-order valence-electron chi connectivity index (χ0n) is 13.9. The van der Waals surface area contributed by atoms with Gasteiger partial charge in [-0.1, -0.05) is 6.07 Å². The van der Waals surface area contributed by atoms with E-state index in [-0.39, 0.29) is 18.2 Å². The Labute approximate surface area is 142 Å². The van der Waals surface area contributed by atoms with E-state index in [1.807, 2.05) is 6.92 Å². The van der Waals surface area contributed by atoms with Crippen LogP contribution in [0, 0.1) is 0 Å². The van der Waals surface area contributed by atoms with E-state index in [0.717, 1.165) is 44.0 Å². The van der Waals surface area contributed by atoms with E-state index in [0.29, 0.717) is 12.1 Å². The van der Waals surface area contributed by atoms with Crippen molar-refractivity contribution in [1.82, 2.24) is 24.6 Å². The van der Waals surface area contributed by atoms with Crippen molar-refractivity contribution in [2.45, 2.75) is 44.9 Å². The highest BCUT2D eigenvalue weighted by Crippen LogP contribution is 2.27. The molecule has 136 valence electrons. The Morgan fingerprint density at radius 3 is 2.56 bits per heavy atom. The number of hydrogen-bond acceptors (Lipinski definition) is 4. The number of nitrogens with zero attached hydrogens (tertiary/aromatic N) is 4. The van der Waals surface area contributed by atoms with Crippen molar-refractivity contribution < 1.29 is 13.2 Å². The molecule has 2 aromatic rings. The van der Waals surface area contributed by atoms with Gasteiger partial charge in [0.05, 0.1) is 6.54 Å². The highest BCUT2D eigenvalue weighted by molar-refractivity contribution is 5.16. The van der Waals surface area contributed by atoms with Crippen molar-refractivity contribution >= 4 is 0 Å². The number of nitrogens with one attached hydrogen (secondary N) is 1. The van der Waals surface area contributed by atoms with Gasteiger partial charge in [0.2, 0.25) is 0 Å². The van der Waals surface area contributed by atoms with Gasteiger partial charge in [-0.25, -0.2) is 9.48 Å². The van der Waals surface area contributed by atoms with Gasteiger partial charge in [-0.3, -0.25) is 9.55 Å². The summed E-state index contributed by atoms with van der Waals surface area (Å²) in [6.07, 6.45) is -1.50. The van der Waals surface area contributed by atoms with Gasteiger partial charge < -0.3 is 5.32 Å². The molecule has 0 bridgehead atoms. The minimum atomic E-state index is -4.47. The van der Waals surface area contributed by atoms with Crippen LogP contribution < -0.4 is 11.0 Å². The summed E-state index contributed by atoms with van der Waals surface area (Å²) in [5.41, 5.74) is -0.679. The molecule has 0 aliphatic carbocycles. The van der Waals surface area contributed by atoms with E-state index in [1.54, 1.807) is 4.57 Å². The normalized spacial score (nSPS) is 16.3.